The van der Waals surface area contributed by atoms with Crippen molar-refractivity contribution >= 4 is 0 Å². The van der Waals surface area contributed by atoms with Crippen LogP contribution in [0.2, 0.25) is 0 Å². The summed E-state index contributed by atoms with van der Waals surface area (Å²) < 4.78 is 26.9. The van der Waals surface area contributed by atoms with E-state index in [2.05, 4.69) is 18.7 Å². The molecule has 118 valence electrons. The Morgan fingerprint density at radius 1 is 1.19 bits per heavy atom. The zero-order chi connectivity index (χ0) is 15.4. The van der Waals surface area contributed by atoms with Crippen LogP contribution < -0.4 is 0 Å². The molecule has 4 heteroatoms. The van der Waals surface area contributed by atoms with Gasteiger partial charge >= 0.3 is 0 Å². The quantitative estimate of drug-likeness (QED) is 0.838. The fourth-order valence-electron chi connectivity index (χ4n) is 3.03. The topological polar surface area (TPSA) is 23.5 Å². The van der Waals surface area contributed by atoms with E-state index in [9.17, 15) is 13.9 Å². The molecule has 0 heterocycles. The summed E-state index contributed by atoms with van der Waals surface area (Å²) in [6, 6.07) is 3.01. The molecule has 0 aliphatic heterocycles. The summed E-state index contributed by atoms with van der Waals surface area (Å²) in [5.74, 6) is -2.02. The van der Waals surface area contributed by atoms with E-state index in [1.165, 1.54) is 37.8 Å². The number of rotatable bonds is 6. The summed E-state index contributed by atoms with van der Waals surface area (Å²) in [5, 5.41) is 9.19. The smallest absolute Gasteiger partial charge is 0.187 e. The summed E-state index contributed by atoms with van der Waals surface area (Å²) >= 11 is 0. The second-order valence-electron chi connectivity index (χ2n) is 6.50. The largest absolute Gasteiger partial charge is 0.503 e. The van der Waals surface area contributed by atoms with Gasteiger partial charge in [0.15, 0.2) is 17.4 Å². The van der Waals surface area contributed by atoms with Crippen LogP contribution in [0.5, 0.6) is 5.75 Å². The lowest BCUT2D eigenvalue weighted by atomic mass is 10.1. The number of benzene rings is 1. The summed E-state index contributed by atoms with van der Waals surface area (Å²) in [5.41, 5.74) is 0.596. The minimum atomic E-state index is -0.881. The summed E-state index contributed by atoms with van der Waals surface area (Å²) in [6.45, 7) is 5.87. The van der Waals surface area contributed by atoms with Gasteiger partial charge in [-0.15, -0.1) is 0 Å². The Kier molecular flexibility index (Phi) is 5.57. The van der Waals surface area contributed by atoms with Crippen LogP contribution >= 0.6 is 0 Å². The molecule has 0 spiro atoms. The molecule has 0 amide bonds. The van der Waals surface area contributed by atoms with Gasteiger partial charge in [0.2, 0.25) is 0 Å². The molecule has 0 atom stereocenters. The van der Waals surface area contributed by atoms with Gasteiger partial charge < -0.3 is 5.11 Å². The Bertz CT molecular complexity index is 447. The number of halogens is 2. The van der Waals surface area contributed by atoms with E-state index in [-0.39, 0.29) is 0 Å². The molecule has 1 fully saturated rings. The first-order valence-corrected chi connectivity index (χ1v) is 7.88. The molecule has 1 aromatic carbocycles. The molecule has 0 radical (unpaired) electrons. The lowest BCUT2D eigenvalue weighted by Gasteiger charge is -2.29. The SMILES string of the molecule is CC(C)CCN(Cc1cc(F)c(O)c(F)c1)C1CCCC1. The minimum Gasteiger partial charge on any atom is -0.503 e. The molecule has 1 saturated carbocycles. The zero-order valence-corrected chi connectivity index (χ0v) is 12.9. The van der Waals surface area contributed by atoms with Crippen molar-refractivity contribution in [3.63, 3.8) is 0 Å². The van der Waals surface area contributed by atoms with E-state index in [0.29, 0.717) is 24.1 Å². The lowest BCUT2D eigenvalue weighted by Crippen LogP contribution is -2.34. The van der Waals surface area contributed by atoms with Crippen molar-refractivity contribution in [2.45, 2.75) is 58.5 Å². The second kappa shape index (κ2) is 7.21. The van der Waals surface area contributed by atoms with Crippen LogP contribution in [0.4, 0.5) is 8.78 Å². The summed E-state index contributed by atoms with van der Waals surface area (Å²) in [7, 11) is 0. The zero-order valence-electron chi connectivity index (χ0n) is 12.9. The Labute approximate surface area is 125 Å². The Hall–Kier alpha value is -1.16. The third-order valence-corrected chi connectivity index (χ3v) is 4.30. The second-order valence-corrected chi connectivity index (χ2v) is 6.50. The third kappa shape index (κ3) is 4.40. The van der Waals surface area contributed by atoms with Crippen LogP contribution in [0.1, 0.15) is 51.5 Å². The molecule has 2 nitrogen and oxygen atoms in total. The molecule has 0 aromatic heterocycles. The van der Waals surface area contributed by atoms with Crippen LogP contribution in [0, 0.1) is 17.6 Å². The lowest BCUT2D eigenvalue weighted by molar-refractivity contribution is 0.179. The van der Waals surface area contributed by atoms with Crippen LogP contribution in [-0.4, -0.2) is 22.6 Å². The Balaban J connectivity index is 2.09. The predicted molar refractivity (Wildman–Crippen MR) is 80.1 cm³/mol. The van der Waals surface area contributed by atoms with Gasteiger partial charge in [-0.05, 0) is 49.4 Å². The van der Waals surface area contributed by atoms with Crippen LogP contribution in [0.3, 0.4) is 0 Å². The Morgan fingerprint density at radius 3 is 2.29 bits per heavy atom. The summed E-state index contributed by atoms with van der Waals surface area (Å²) in [6.07, 6.45) is 5.89. The van der Waals surface area contributed by atoms with E-state index in [4.69, 9.17) is 0 Å². The maximum absolute atomic E-state index is 13.5. The number of phenolic OH excluding ortho intramolecular Hbond substituents is 1. The van der Waals surface area contributed by atoms with Crippen molar-refractivity contribution in [2.75, 3.05) is 6.54 Å². The highest BCUT2D eigenvalue weighted by atomic mass is 19.1. The highest BCUT2D eigenvalue weighted by Crippen LogP contribution is 2.27. The first kappa shape index (κ1) is 16.2. The average Bonchev–Trinajstić information content (AvgIpc) is 2.94. The van der Waals surface area contributed by atoms with E-state index in [0.717, 1.165) is 13.0 Å². The van der Waals surface area contributed by atoms with Crippen molar-refractivity contribution in [2.24, 2.45) is 5.92 Å². The molecule has 0 saturated heterocycles. The molecule has 21 heavy (non-hydrogen) atoms. The number of phenols is 1. The number of aromatic hydroxyl groups is 1. The van der Waals surface area contributed by atoms with Gasteiger partial charge in [-0.2, -0.15) is 0 Å². The standard InChI is InChI=1S/C17H25F2NO/c1-12(2)7-8-20(14-5-3-4-6-14)11-13-9-15(18)17(21)16(19)10-13/h9-10,12,14,21H,3-8,11H2,1-2H3. The molecule has 1 N–H and O–H groups in total. The van der Waals surface area contributed by atoms with Gasteiger partial charge in [0.1, 0.15) is 0 Å². The maximum atomic E-state index is 13.5. The number of hydrogen-bond acceptors (Lipinski definition) is 2. The van der Waals surface area contributed by atoms with Crippen molar-refractivity contribution in [3.8, 4) is 5.75 Å². The number of nitrogens with zero attached hydrogens (tertiary/aromatic N) is 1. The fourth-order valence-corrected chi connectivity index (χ4v) is 3.03. The van der Waals surface area contributed by atoms with E-state index in [1.54, 1.807) is 0 Å². The normalized spacial score (nSPS) is 16.3. The molecule has 0 unspecified atom stereocenters. The van der Waals surface area contributed by atoms with Gasteiger partial charge in [-0.25, -0.2) is 8.78 Å². The van der Waals surface area contributed by atoms with Crippen molar-refractivity contribution < 1.29 is 13.9 Å². The van der Waals surface area contributed by atoms with Gasteiger partial charge in [0.25, 0.3) is 0 Å². The van der Waals surface area contributed by atoms with Crippen molar-refractivity contribution in [1.82, 2.24) is 4.90 Å². The van der Waals surface area contributed by atoms with Crippen LogP contribution in [-0.2, 0) is 6.54 Å². The van der Waals surface area contributed by atoms with Crippen LogP contribution in [0.25, 0.3) is 0 Å². The van der Waals surface area contributed by atoms with E-state index in [1.807, 2.05) is 0 Å². The average molecular weight is 297 g/mol. The van der Waals surface area contributed by atoms with Gasteiger partial charge in [0.05, 0.1) is 0 Å². The van der Waals surface area contributed by atoms with E-state index >= 15 is 0 Å². The summed E-state index contributed by atoms with van der Waals surface area (Å²) in [4.78, 5) is 2.35. The third-order valence-electron chi connectivity index (χ3n) is 4.30. The van der Waals surface area contributed by atoms with Crippen LogP contribution in [0.15, 0.2) is 12.1 Å². The predicted octanol–water partition coefficient (Wildman–Crippen LogP) is 4.46. The Morgan fingerprint density at radius 2 is 1.76 bits per heavy atom. The highest BCUT2D eigenvalue weighted by molar-refractivity contribution is 5.30. The first-order chi connectivity index (χ1) is 9.97. The molecular weight excluding hydrogens is 272 g/mol. The van der Waals surface area contributed by atoms with Crippen molar-refractivity contribution in [3.05, 3.63) is 29.3 Å². The molecule has 1 aromatic rings. The fraction of sp³-hybridized carbons (Fsp3) is 0.647. The highest BCUT2D eigenvalue weighted by Gasteiger charge is 2.23. The van der Waals surface area contributed by atoms with E-state index < -0.39 is 17.4 Å². The first-order valence-electron chi connectivity index (χ1n) is 7.88. The molecule has 0 bridgehead atoms. The van der Waals surface area contributed by atoms with Gasteiger partial charge in [0, 0.05) is 12.6 Å². The maximum Gasteiger partial charge on any atom is 0.187 e. The molecular formula is C17H25F2NO. The molecule has 2 rings (SSSR count). The molecule has 1 aliphatic carbocycles. The number of hydrogen-bond donors (Lipinski definition) is 1. The van der Waals surface area contributed by atoms with Gasteiger partial charge in [-0.1, -0.05) is 26.7 Å². The monoisotopic (exact) mass is 297 g/mol. The van der Waals surface area contributed by atoms with Crippen molar-refractivity contribution in [1.29, 1.82) is 0 Å². The molecule has 1 aliphatic rings. The van der Waals surface area contributed by atoms with Gasteiger partial charge in [-0.3, -0.25) is 4.90 Å². The minimum absolute atomic E-state index is 0.517.